The average molecular weight is 436 g/mol. The molecule has 1 N–H and O–H groups in total. The maximum Gasteiger partial charge on any atom is 0.326 e. The Morgan fingerprint density at radius 3 is 2.75 bits per heavy atom. The summed E-state index contributed by atoms with van der Waals surface area (Å²) >= 11 is 12.4. The van der Waals surface area contributed by atoms with E-state index >= 15 is 0 Å². The van der Waals surface area contributed by atoms with Gasteiger partial charge >= 0.3 is 5.97 Å². The molecule has 0 unspecified atom stereocenters. The van der Waals surface area contributed by atoms with E-state index in [0.717, 1.165) is 17.3 Å². The molecule has 0 aliphatic carbocycles. The van der Waals surface area contributed by atoms with Crippen LogP contribution in [0, 0.1) is 5.92 Å². The molecule has 28 heavy (non-hydrogen) atoms. The fourth-order valence-corrected chi connectivity index (χ4v) is 4.40. The highest BCUT2D eigenvalue weighted by molar-refractivity contribution is 8.26. The first-order valence-electron chi connectivity index (χ1n) is 8.62. The molecule has 1 aliphatic rings. The van der Waals surface area contributed by atoms with Crippen LogP contribution < -0.4 is 0 Å². The maximum atomic E-state index is 12.8. The minimum atomic E-state index is -1.06. The lowest BCUT2D eigenvalue weighted by atomic mass is 10.0. The molecule has 1 aromatic heterocycles. The van der Waals surface area contributed by atoms with Gasteiger partial charge in [-0.15, -0.1) is 0 Å². The summed E-state index contributed by atoms with van der Waals surface area (Å²) in [4.78, 5) is 26.0. The summed E-state index contributed by atoms with van der Waals surface area (Å²) in [7, 11) is 0. The first-order valence-corrected chi connectivity index (χ1v) is 10.2. The number of thiocarbonyl (C=S) groups is 1. The van der Waals surface area contributed by atoms with Crippen molar-refractivity contribution in [1.82, 2.24) is 4.90 Å². The summed E-state index contributed by atoms with van der Waals surface area (Å²) in [5.41, 5.74) is 0.822. The molecule has 0 spiro atoms. The normalized spacial score (nSPS) is 17.0. The fourth-order valence-electron chi connectivity index (χ4n) is 2.87. The van der Waals surface area contributed by atoms with Crippen molar-refractivity contribution in [3.8, 4) is 11.3 Å². The largest absolute Gasteiger partial charge is 0.480 e. The Hall–Kier alpha value is -2.09. The van der Waals surface area contributed by atoms with E-state index in [0.29, 0.717) is 27.9 Å². The second-order valence-electron chi connectivity index (χ2n) is 6.75. The van der Waals surface area contributed by atoms with Crippen LogP contribution in [0.1, 0.15) is 26.0 Å². The lowest BCUT2D eigenvalue weighted by Crippen LogP contribution is -2.44. The number of nitrogens with zero attached hydrogens (tertiary/aromatic N) is 1. The van der Waals surface area contributed by atoms with Crippen molar-refractivity contribution < 1.29 is 19.1 Å². The Morgan fingerprint density at radius 1 is 1.36 bits per heavy atom. The first kappa shape index (κ1) is 20.6. The molecule has 2 heterocycles. The molecular formula is C20H18ClNO4S2. The number of carbonyl (C=O) groups is 2. The zero-order valence-corrected chi connectivity index (χ0v) is 17.6. The van der Waals surface area contributed by atoms with Crippen molar-refractivity contribution in [2.45, 2.75) is 26.3 Å². The predicted molar refractivity (Wildman–Crippen MR) is 115 cm³/mol. The smallest absolute Gasteiger partial charge is 0.326 e. The third-order valence-corrected chi connectivity index (χ3v) is 5.69. The minimum absolute atomic E-state index is 0.111. The van der Waals surface area contributed by atoms with Crippen LogP contribution in [0.15, 0.2) is 45.7 Å². The molecule has 1 aliphatic heterocycles. The van der Waals surface area contributed by atoms with Crippen molar-refractivity contribution in [2.24, 2.45) is 5.92 Å². The van der Waals surface area contributed by atoms with Crippen LogP contribution in [0.3, 0.4) is 0 Å². The van der Waals surface area contributed by atoms with Gasteiger partial charge in [0.1, 0.15) is 21.9 Å². The van der Waals surface area contributed by atoms with Crippen molar-refractivity contribution in [3.63, 3.8) is 0 Å². The van der Waals surface area contributed by atoms with Gasteiger partial charge in [0.2, 0.25) is 0 Å². The van der Waals surface area contributed by atoms with Crippen molar-refractivity contribution in [3.05, 3.63) is 52.1 Å². The third-order valence-electron chi connectivity index (χ3n) is 4.12. The van der Waals surface area contributed by atoms with Gasteiger partial charge in [0.15, 0.2) is 0 Å². The highest BCUT2D eigenvalue weighted by Crippen LogP contribution is 2.36. The first-order chi connectivity index (χ1) is 13.3. The summed E-state index contributed by atoms with van der Waals surface area (Å²) in [6, 6.07) is 9.81. The van der Waals surface area contributed by atoms with E-state index in [1.54, 1.807) is 30.3 Å². The minimum Gasteiger partial charge on any atom is -0.480 e. The Bertz CT molecular complexity index is 967. The number of aliphatic carboxylic acids is 1. The van der Waals surface area contributed by atoms with Crippen LogP contribution in [0.25, 0.3) is 17.4 Å². The molecule has 1 fully saturated rings. The summed E-state index contributed by atoms with van der Waals surface area (Å²) in [6.45, 7) is 3.81. The van der Waals surface area contributed by atoms with Gasteiger partial charge in [-0.3, -0.25) is 9.69 Å². The van der Waals surface area contributed by atoms with E-state index in [-0.39, 0.29) is 10.2 Å². The molecular weight excluding hydrogens is 418 g/mol. The molecule has 1 amide bonds. The number of furan rings is 1. The molecule has 1 aromatic carbocycles. The SMILES string of the molecule is CC(C)C[C@@H](C(=O)O)N1C(=O)/C(=C\c2ccc(-c3cccc(Cl)c3)o2)SC1=S. The predicted octanol–water partition coefficient (Wildman–Crippen LogP) is 5.30. The van der Waals surface area contributed by atoms with E-state index in [2.05, 4.69) is 0 Å². The Kier molecular flexibility index (Phi) is 6.27. The van der Waals surface area contributed by atoms with Gasteiger partial charge in [-0.25, -0.2) is 4.79 Å². The third kappa shape index (κ3) is 4.48. The number of rotatable bonds is 6. The van der Waals surface area contributed by atoms with Crippen LogP contribution in [0.4, 0.5) is 0 Å². The van der Waals surface area contributed by atoms with E-state index in [1.807, 2.05) is 26.0 Å². The zero-order chi connectivity index (χ0) is 20.4. The quantitative estimate of drug-likeness (QED) is 0.490. The highest BCUT2D eigenvalue weighted by Gasteiger charge is 2.40. The van der Waals surface area contributed by atoms with Gasteiger partial charge < -0.3 is 9.52 Å². The van der Waals surface area contributed by atoms with Crippen LogP contribution in [0.5, 0.6) is 0 Å². The molecule has 5 nitrogen and oxygen atoms in total. The summed E-state index contributed by atoms with van der Waals surface area (Å²) < 4.78 is 6.04. The van der Waals surface area contributed by atoms with Gasteiger partial charge in [-0.05, 0) is 36.6 Å². The topological polar surface area (TPSA) is 70.8 Å². The van der Waals surface area contributed by atoms with Crippen LogP contribution >= 0.6 is 35.6 Å². The van der Waals surface area contributed by atoms with E-state index < -0.39 is 17.9 Å². The monoisotopic (exact) mass is 435 g/mol. The molecule has 0 saturated carbocycles. The number of benzene rings is 1. The van der Waals surface area contributed by atoms with Crippen LogP contribution in [-0.4, -0.2) is 32.2 Å². The summed E-state index contributed by atoms with van der Waals surface area (Å²) in [6.07, 6.45) is 1.91. The number of halogens is 1. The highest BCUT2D eigenvalue weighted by atomic mass is 35.5. The Morgan fingerprint density at radius 2 is 2.11 bits per heavy atom. The zero-order valence-electron chi connectivity index (χ0n) is 15.2. The van der Waals surface area contributed by atoms with E-state index in [4.69, 9.17) is 28.2 Å². The summed E-state index contributed by atoms with van der Waals surface area (Å²) in [5.74, 6) is -0.269. The average Bonchev–Trinajstić information content (AvgIpc) is 3.18. The van der Waals surface area contributed by atoms with Crippen molar-refractivity contribution in [2.75, 3.05) is 0 Å². The number of carboxylic acids is 1. The second-order valence-corrected chi connectivity index (χ2v) is 8.86. The van der Waals surface area contributed by atoms with Crippen molar-refractivity contribution >= 4 is 57.9 Å². The molecule has 3 rings (SSSR count). The van der Waals surface area contributed by atoms with Gasteiger partial charge in [0.05, 0.1) is 4.91 Å². The Labute approximate surface area is 177 Å². The fraction of sp³-hybridized carbons (Fsp3) is 0.250. The summed E-state index contributed by atoms with van der Waals surface area (Å²) in [5, 5.41) is 10.1. The number of hydrogen-bond donors (Lipinski definition) is 1. The van der Waals surface area contributed by atoms with Gasteiger partial charge in [0.25, 0.3) is 5.91 Å². The molecule has 1 atom stereocenters. The second kappa shape index (κ2) is 8.51. The van der Waals surface area contributed by atoms with E-state index in [9.17, 15) is 14.7 Å². The molecule has 1 saturated heterocycles. The Balaban J connectivity index is 1.85. The molecule has 146 valence electrons. The number of carboxylic acid groups (broad SMARTS) is 1. The van der Waals surface area contributed by atoms with E-state index in [1.165, 1.54) is 4.90 Å². The standard InChI is InChI=1S/C20H18ClNO4S2/c1-11(2)8-15(19(24)25)22-18(23)17(28-20(22)27)10-14-6-7-16(26-14)12-4-3-5-13(21)9-12/h3-7,9-11,15H,8H2,1-2H3,(H,24,25)/b17-10+/t15-/m0/s1. The number of carbonyl (C=O) groups excluding carboxylic acids is 1. The molecule has 0 radical (unpaired) electrons. The van der Waals surface area contributed by atoms with Crippen LogP contribution in [-0.2, 0) is 9.59 Å². The lowest BCUT2D eigenvalue weighted by molar-refractivity contribution is -0.145. The van der Waals surface area contributed by atoms with Crippen molar-refractivity contribution in [1.29, 1.82) is 0 Å². The number of amides is 1. The van der Waals surface area contributed by atoms with Gasteiger partial charge in [-0.2, -0.15) is 0 Å². The van der Waals surface area contributed by atoms with Gasteiger partial charge in [0, 0.05) is 16.7 Å². The number of hydrogen-bond acceptors (Lipinski definition) is 5. The van der Waals surface area contributed by atoms with Gasteiger partial charge in [-0.1, -0.05) is 61.6 Å². The lowest BCUT2D eigenvalue weighted by Gasteiger charge is -2.24. The molecule has 8 heteroatoms. The number of thioether (sulfide) groups is 1. The molecule has 2 aromatic rings. The molecule has 0 bridgehead atoms. The maximum absolute atomic E-state index is 12.8. The van der Waals surface area contributed by atoms with Crippen LogP contribution in [0.2, 0.25) is 5.02 Å².